The highest BCUT2D eigenvalue weighted by Gasteiger charge is 2.72. The Balaban J connectivity index is 2.03. The zero-order valence-electron chi connectivity index (χ0n) is 8.19. The number of esters is 1. The molecule has 0 amide bonds. The molecule has 0 radical (unpaired) electrons. The van der Waals surface area contributed by atoms with Crippen LogP contribution < -0.4 is 0 Å². The van der Waals surface area contributed by atoms with Crippen LogP contribution in [0.1, 0.15) is 25.7 Å². The third kappa shape index (κ3) is 0.916. The zero-order chi connectivity index (χ0) is 10.7. The second kappa shape index (κ2) is 2.52. The van der Waals surface area contributed by atoms with Crippen molar-refractivity contribution >= 4 is 11.9 Å². The number of hydrogen-bond donors (Lipinski definition) is 1. The highest BCUT2D eigenvalue weighted by atomic mass is 16.6. The molecule has 15 heavy (non-hydrogen) atoms. The van der Waals surface area contributed by atoms with Gasteiger partial charge in [-0.05, 0) is 19.3 Å². The quantitative estimate of drug-likeness (QED) is 0.667. The second-order valence-electron chi connectivity index (χ2n) is 4.71. The molecule has 0 aromatic carbocycles. The molecule has 3 atom stereocenters. The predicted octanol–water partition coefficient (Wildman–Crippen LogP) is 0.326. The number of carbonyl (C=O) groups excluding carboxylic acids is 1. The average Bonchev–Trinajstić information content (AvgIpc) is 2.75. The molecule has 3 aliphatic rings. The fourth-order valence-electron chi connectivity index (χ4n) is 3.30. The highest BCUT2D eigenvalue weighted by molar-refractivity contribution is 5.87. The van der Waals surface area contributed by atoms with E-state index < -0.39 is 17.0 Å². The summed E-state index contributed by atoms with van der Waals surface area (Å²) in [7, 11) is 0. The van der Waals surface area contributed by atoms with E-state index in [0.717, 1.165) is 12.8 Å². The van der Waals surface area contributed by atoms with Gasteiger partial charge in [-0.25, -0.2) is 0 Å². The first-order valence-electron chi connectivity index (χ1n) is 5.15. The summed E-state index contributed by atoms with van der Waals surface area (Å²) in [5.74, 6) is -1.34. The molecule has 2 bridgehead atoms. The first-order chi connectivity index (χ1) is 7.08. The number of carboxylic acid groups (broad SMARTS) is 1. The normalized spacial score (nSPS) is 46.7. The number of aliphatic carboxylic acids is 1. The number of fused-ring (bicyclic) bond motifs is 1. The van der Waals surface area contributed by atoms with E-state index >= 15 is 0 Å². The van der Waals surface area contributed by atoms with E-state index in [1.807, 2.05) is 0 Å². The van der Waals surface area contributed by atoms with Crippen LogP contribution in [0, 0.1) is 5.41 Å². The standard InChI is InChI=1S/C10H12O5/c11-7(12)4-9-3-6-1-2-10(9,15-6)5-14-8(9)13/h6H,1-5H2,(H,11,12). The lowest BCUT2D eigenvalue weighted by Crippen LogP contribution is -2.47. The van der Waals surface area contributed by atoms with E-state index in [2.05, 4.69) is 0 Å². The number of cyclic esters (lactones) is 1. The minimum absolute atomic E-state index is 0.0530. The lowest BCUT2D eigenvalue weighted by atomic mass is 9.65. The number of hydrogen-bond acceptors (Lipinski definition) is 4. The van der Waals surface area contributed by atoms with Crippen LogP contribution in [0.2, 0.25) is 0 Å². The van der Waals surface area contributed by atoms with Crippen LogP contribution in [-0.4, -0.2) is 35.4 Å². The summed E-state index contributed by atoms with van der Waals surface area (Å²) in [6.45, 7) is 0.232. The molecule has 3 heterocycles. The lowest BCUT2D eigenvalue weighted by molar-refractivity contribution is -0.154. The molecule has 3 saturated heterocycles. The van der Waals surface area contributed by atoms with Crippen LogP contribution in [0.5, 0.6) is 0 Å². The van der Waals surface area contributed by atoms with Crippen LogP contribution in [-0.2, 0) is 19.1 Å². The number of ether oxygens (including phenoxy) is 2. The summed E-state index contributed by atoms with van der Waals surface area (Å²) in [4.78, 5) is 22.6. The highest BCUT2D eigenvalue weighted by Crippen LogP contribution is 2.61. The van der Waals surface area contributed by atoms with Crippen molar-refractivity contribution in [2.75, 3.05) is 6.61 Å². The Labute approximate surface area is 86.4 Å². The van der Waals surface area contributed by atoms with Crippen molar-refractivity contribution in [3.05, 3.63) is 0 Å². The Kier molecular flexibility index (Phi) is 1.54. The number of rotatable bonds is 2. The van der Waals surface area contributed by atoms with E-state index in [1.54, 1.807) is 0 Å². The van der Waals surface area contributed by atoms with Gasteiger partial charge < -0.3 is 14.6 Å². The minimum atomic E-state index is -0.954. The summed E-state index contributed by atoms with van der Waals surface area (Å²) < 4.78 is 10.8. The molecule has 0 aromatic rings. The smallest absolute Gasteiger partial charge is 0.315 e. The molecule has 3 fully saturated rings. The molecule has 1 spiro atoms. The van der Waals surface area contributed by atoms with Crippen molar-refractivity contribution in [2.45, 2.75) is 37.4 Å². The monoisotopic (exact) mass is 212 g/mol. The van der Waals surface area contributed by atoms with E-state index in [1.165, 1.54) is 0 Å². The first kappa shape index (κ1) is 9.15. The van der Waals surface area contributed by atoms with Gasteiger partial charge in [-0.2, -0.15) is 0 Å². The third-order valence-corrected chi connectivity index (χ3v) is 3.99. The molecule has 3 unspecified atom stereocenters. The molecule has 0 aromatic heterocycles. The lowest BCUT2D eigenvalue weighted by Gasteiger charge is -2.32. The molecule has 0 aliphatic carbocycles. The minimum Gasteiger partial charge on any atom is -0.481 e. The molecule has 3 aliphatic heterocycles. The maximum absolute atomic E-state index is 11.7. The van der Waals surface area contributed by atoms with Gasteiger partial charge in [-0.1, -0.05) is 0 Å². The molecule has 3 rings (SSSR count). The number of carboxylic acids is 1. The summed E-state index contributed by atoms with van der Waals surface area (Å²) >= 11 is 0. The van der Waals surface area contributed by atoms with Gasteiger partial charge in [0.15, 0.2) is 0 Å². The Bertz CT molecular complexity index is 352. The van der Waals surface area contributed by atoms with Crippen molar-refractivity contribution in [1.29, 1.82) is 0 Å². The summed E-state index contributed by atoms with van der Waals surface area (Å²) in [6, 6.07) is 0. The van der Waals surface area contributed by atoms with Gasteiger partial charge in [0.1, 0.15) is 17.6 Å². The van der Waals surface area contributed by atoms with Gasteiger partial charge >= 0.3 is 11.9 Å². The maximum atomic E-state index is 11.7. The second-order valence-corrected chi connectivity index (χ2v) is 4.71. The summed E-state index contributed by atoms with van der Waals surface area (Å²) in [5, 5.41) is 8.90. The van der Waals surface area contributed by atoms with Crippen molar-refractivity contribution in [3.8, 4) is 0 Å². The molecule has 82 valence electrons. The Hall–Kier alpha value is -1.10. The van der Waals surface area contributed by atoms with E-state index in [0.29, 0.717) is 6.42 Å². The van der Waals surface area contributed by atoms with Gasteiger partial charge in [0.25, 0.3) is 0 Å². The van der Waals surface area contributed by atoms with Crippen molar-refractivity contribution in [2.24, 2.45) is 5.41 Å². The average molecular weight is 212 g/mol. The summed E-state index contributed by atoms with van der Waals surface area (Å²) in [6.07, 6.45) is 2.06. The van der Waals surface area contributed by atoms with Gasteiger partial charge in [0, 0.05) is 0 Å². The van der Waals surface area contributed by atoms with E-state index in [4.69, 9.17) is 14.6 Å². The Morgan fingerprint density at radius 3 is 3.07 bits per heavy atom. The van der Waals surface area contributed by atoms with Gasteiger partial charge in [0.05, 0.1) is 12.5 Å². The van der Waals surface area contributed by atoms with Crippen LogP contribution in [0.25, 0.3) is 0 Å². The van der Waals surface area contributed by atoms with Gasteiger partial charge in [-0.15, -0.1) is 0 Å². The van der Waals surface area contributed by atoms with Crippen LogP contribution in [0.4, 0.5) is 0 Å². The zero-order valence-corrected chi connectivity index (χ0v) is 8.19. The Morgan fingerprint density at radius 2 is 2.40 bits per heavy atom. The molecule has 1 N–H and O–H groups in total. The van der Waals surface area contributed by atoms with Gasteiger partial charge in [0.2, 0.25) is 0 Å². The molecule has 0 saturated carbocycles. The molecule has 5 nitrogen and oxygen atoms in total. The van der Waals surface area contributed by atoms with Crippen LogP contribution >= 0.6 is 0 Å². The fourth-order valence-corrected chi connectivity index (χ4v) is 3.30. The van der Waals surface area contributed by atoms with E-state index in [9.17, 15) is 9.59 Å². The van der Waals surface area contributed by atoms with Crippen molar-refractivity contribution in [3.63, 3.8) is 0 Å². The van der Waals surface area contributed by atoms with Crippen molar-refractivity contribution in [1.82, 2.24) is 0 Å². The third-order valence-electron chi connectivity index (χ3n) is 3.99. The van der Waals surface area contributed by atoms with Crippen molar-refractivity contribution < 1.29 is 24.2 Å². The maximum Gasteiger partial charge on any atom is 0.315 e. The van der Waals surface area contributed by atoms with E-state index in [-0.39, 0.29) is 25.1 Å². The predicted molar refractivity (Wildman–Crippen MR) is 47.1 cm³/mol. The largest absolute Gasteiger partial charge is 0.481 e. The molecular formula is C10H12O5. The van der Waals surface area contributed by atoms with Crippen LogP contribution in [0.15, 0.2) is 0 Å². The first-order valence-corrected chi connectivity index (χ1v) is 5.15. The number of carbonyl (C=O) groups is 2. The fraction of sp³-hybridized carbons (Fsp3) is 0.800. The SMILES string of the molecule is O=C(O)CC12CC3CCC1(COC2=O)O3. The summed E-state index contributed by atoms with van der Waals surface area (Å²) in [5.41, 5.74) is -1.53. The topological polar surface area (TPSA) is 72.8 Å². The van der Waals surface area contributed by atoms with Gasteiger partial charge in [-0.3, -0.25) is 9.59 Å². The van der Waals surface area contributed by atoms with Crippen LogP contribution in [0.3, 0.4) is 0 Å². The molecular weight excluding hydrogens is 200 g/mol. The molecule has 5 heteroatoms. The Morgan fingerprint density at radius 1 is 1.60 bits per heavy atom.